The highest BCUT2D eigenvalue weighted by Crippen LogP contribution is 2.22. The summed E-state index contributed by atoms with van der Waals surface area (Å²) in [4.78, 5) is 4.15. The highest BCUT2D eigenvalue weighted by atomic mass is 16.4. The second-order valence-corrected chi connectivity index (χ2v) is 4.15. The summed E-state index contributed by atoms with van der Waals surface area (Å²) in [5.74, 6) is 1.19. The van der Waals surface area contributed by atoms with E-state index in [0.717, 1.165) is 24.2 Å². The van der Waals surface area contributed by atoms with Crippen LogP contribution in [0.4, 0.5) is 0 Å². The third-order valence-electron chi connectivity index (χ3n) is 2.74. The summed E-state index contributed by atoms with van der Waals surface area (Å²) in [6, 6.07) is 3.93. The minimum Gasteiger partial charge on any atom is -0.419 e. The Labute approximate surface area is 107 Å². The van der Waals surface area contributed by atoms with E-state index in [1.165, 1.54) is 0 Å². The predicted octanol–water partition coefficient (Wildman–Crippen LogP) is 2.50. The van der Waals surface area contributed by atoms with Crippen molar-refractivity contribution in [1.82, 2.24) is 20.5 Å². The Morgan fingerprint density at radius 2 is 2.17 bits per heavy atom. The van der Waals surface area contributed by atoms with Crippen LogP contribution in [0.3, 0.4) is 0 Å². The van der Waals surface area contributed by atoms with Gasteiger partial charge in [-0.05, 0) is 32.0 Å². The lowest BCUT2D eigenvalue weighted by atomic mass is 10.2. The molecule has 0 aliphatic heterocycles. The molecule has 0 aliphatic rings. The number of nitrogens with one attached hydrogen (secondary N) is 1. The van der Waals surface area contributed by atoms with E-state index in [0.29, 0.717) is 11.8 Å². The maximum absolute atomic E-state index is 5.72. The zero-order valence-electron chi connectivity index (χ0n) is 11.0. The number of hydrogen-bond donors (Lipinski definition) is 1. The minimum atomic E-state index is 0.124. The van der Waals surface area contributed by atoms with Crippen LogP contribution in [0, 0.1) is 6.92 Å². The van der Waals surface area contributed by atoms with Gasteiger partial charge in [-0.2, -0.15) is 0 Å². The van der Waals surface area contributed by atoms with Crippen LogP contribution < -0.4 is 5.32 Å². The smallest absolute Gasteiger partial charge is 0.247 e. The Morgan fingerprint density at radius 3 is 2.83 bits per heavy atom. The van der Waals surface area contributed by atoms with Crippen LogP contribution in [-0.2, 0) is 0 Å². The Morgan fingerprint density at radius 1 is 1.33 bits per heavy atom. The first-order valence-corrected chi connectivity index (χ1v) is 6.24. The molecular formula is C13H18N4O. The maximum Gasteiger partial charge on any atom is 0.247 e. The monoisotopic (exact) mass is 246 g/mol. The van der Waals surface area contributed by atoms with Crippen molar-refractivity contribution in [2.45, 2.75) is 33.2 Å². The van der Waals surface area contributed by atoms with Gasteiger partial charge in [0, 0.05) is 17.5 Å². The fraction of sp³-hybridized carbons (Fsp3) is 0.462. The zero-order valence-corrected chi connectivity index (χ0v) is 11.0. The molecule has 96 valence electrons. The minimum absolute atomic E-state index is 0.124. The number of nitrogens with zero attached hydrogens (tertiary/aromatic N) is 3. The van der Waals surface area contributed by atoms with Crippen LogP contribution in [0.15, 0.2) is 22.7 Å². The van der Waals surface area contributed by atoms with E-state index in [-0.39, 0.29) is 6.04 Å². The van der Waals surface area contributed by atoms with E-state index >= 15 is 0 Å². The Balaban J connectivity index is 2.24. The Bertz CT molecular complexity index is 509. The SMILES string of the molecule is CCNC(CC)c1nnc(-c2ccnc(C)c2)o1. The van der Waals surface area contributed by atoms with Crippen molar-refractivity contribution >= 4 is 0 Å². The molecule has 2 aromatic rings. The van der Waals surface area contributed by atoms with Crippen LogP contribution >= 0.6 is 0 Å². The molecule has 0 spiro atoms. The molecule has 2 rings (SSSR count). The summed E-state index contributed by atoms with van der Waals surface area (Å²) in [5.41, 5.74) is 1.85. The van der Waals surface area contributed by atoms with Gasteiger partial charge in [0.15, 0.2) is 0 Å². The molecule has 1 atom stereocenters. The van der Waals surface area contributed by atoms with Crippen LogP contribution in [0.2, 0.25) is 0 Å². The predicted molar refractivity (Wildman–Crippen MR) is 69.0 cm³/mol. The van der Waals surface area contributed by atoms with Crippen molar-refractivity contribution in [3.8, 4) is 11.5 Å². The molecule has 1 unspecified atom stereocenters. The lowest BCUT2D eigenvalue weighted by molar-refractivity contribution is 0.402. The van der Waals surface area contributed by atoms with Gasteiger partial charge in [0.25, 0.3) is 0 Å². The summed E-state index contributed by atoms with van der Waals surface area (Å²) in [5, 5.41) is 11.5. The molecule has 0 fully saturated rings. The molecule has 0 aromatic carbocycles. The molecule has 0 saturated carbocycles. The third-order valence-corrected chi connectivity index (χ3v) is 2.74. The number of hydrogen-bond acceptors (Lipinski definition) is 5. The highest BCUT2D eigenvalue weighted by Gasteiger charge is 2.16. The fourth-order valence-corrected chi connectivity index (χ4v) is 1.82. The summed E-state index contributed by atoms with van der Waals surface area (Å²) in [6.07, 6.45) is 2.67. The second kappa shape index (κ2) is 5.73. The Hall–Kier alpha value is -1.75. The van der Waals surface area contributed by atoms with Crippen LogP contribution in [0.1, 0.15) is 37.9 Å². The van der Waals surface area contributed by atoms with Gasteiger partial charge in [-0.3, -0.25) is 4.98 Å². The zero-order chi connectivity index (χ0) is 13.0. The average Bonchev–Trinajstić information content (AvgIpc) is 2.85. The third kappa shape index (κ3) is 2.73. The summed E-state index contributed by atoms with van der Waals surface area (Å²) in [6.45, 7) is 6.97. The first kappa shape index (κ1) is 12.7. The van der Waals surface area contributed by atoms with E-state index in [9.17, 15) is 0 Å². The van der Waals surface area contributed by atoms with Crippen molar-refractivity contribution in [1.29, 1.82) is 0 Å². The van der Waals surface area contributed by atoms with Crippen molar-refractivity contribution < 1.29 is 4.42 Å². The molecule has 5 heteroatoms. The fourth-order valence-electron chi connectivity index (χ4n) is 1.82. The van der Waals surface area contributed by atoms with E-state index < -0.39 is 0 Å². The maximum atomic E-state index is 5.72. The van der Waals surface area contributed by atoms with Gasteiger partial charge in [0.05, 0.1) is 6.04 Å². The first-order chi connectivity index (χ1) is 8.74. The number of aryl methyl sites for hydroxylation is 1. The van der Waals surface area contributed by atoms with E-state index in [1.54, 1.807) is 6.20 Å². The number of rotatable bonds is 5. The van der Waals surface area contributed by atoms with Crippen LogP contribution in [-0.4, -0.2) is 21.7 Å². The topological polar surface area (TPSA) is 63.8 Å². The normalized spacial score (nSPS) is 12.6. The molecule has 0 saturated heterocycles. The van der Waals surface area contributed by atoms with Crippen molar-refractivity contribution in [2.24, 2.45) is 0 Å². The number of aromatic nitrogens is 3. The molecule has 2 aromatic heterocycles. The van der Waals surface area contributed by atoms with E-state index in [2.05, 4.69) is 34.3 Å². The van der Waals surface area contributed by atoms with E-state index in [1.807, 2.05) is 19.1 Å². The first-order valence-electron chi connectivity index (χ1n) is 6.24. The molecule has 2 heterocycles. The highest BCUT2D eigenvalue weighted by molar-refractivity contribution is 5.52. The average molecular weight is 246 g/mol. The van der Waals surface area contributed by atoms with Crippen molar-refractivity contribution in [2.75, 3.05) is 6.54 Å². The molecule has 1 N–H and O–H groups in total. The molecule has 18 heavy (non-hydrogen) atoms. The van der Waals surface area contributed by atoms with Crippen molar-refractivity contribution in [3.63, 3.8) is 0 Å². The van der Waals surface area contributed by atoms with Gasteiger partial charge in [-0.25, -0.2) is 0 Å². The molecule has 0 radical (unpaired) electrons. The van der Waals surface area contributed by atoms with Gasteiger partial charge in [0.2, 0.25) is 11.8 Å². The second-order valence-electron chi connectivity index (χ2n) is 4.15. The summed E-state index contributed by atoms with van der Waals surface area (Å²) >= 11 is 0. The largest absolute Gasteiger partial charge is 0.419 e. The Kier molecular flexibility index (Phi) is 4.04. The summed E-state index contributed by atoms with van der Waals surface area (Å²) < 4.78 is 5.72. The lowest BCUT2D eigenvalue weighted by Crippen LogP contribution is -2.20. The van der Waals surface area contributed by atoms with E-state index in [4.69, 9.17) is 4.42 Å². The molecule has 0 bridgehead atoms. The van der Waals surface area contributed by atoms with Gasteiger partial charge in [0.1, 0.15) is 0 Å². The quantitative estimate of drug-likeness (QED) is 0.878. The van der Waals surface area contributed by atoms with Crippen LogP contribution in [0.5, 0.6) is 0 Å². The van der Waals surface area contributed by atoms with Crippen molar-refractivity contribution in [3.05, 3.63) is 29.9 Å². The van der Waals surface area contributed by atoms with Gasteiger partial charge >= 0.3 is 0 Å². The van der Waals surface area contributed by atoms with Crippen LogP contribution in [0.25, 0.3) is 11.5 Å². The molecule has 5 nitrogen and oxygen atoms in total. The standard InChI is InChI=1S/C13H18N4O/c1-4-11(14-5-2)13-17-16-12(18-13)10-6-7-15-9(3)8-10/h6-8,11,14H,4-5H2,1-3H3. The molecule has 0 amide bonds. The summed E-state index contributed by atoms with van der Waals surface area (Å²) in [7, 11) is 0. The van der Waals surface area contributed by atoms with Gasteiger partial charge in [-0.15, -0.1) is 10.2 Å². The number of pyridine rings is 1. The molecular weight excluding hydrogens is 228 g/mol. The molecule has 0 aliphatic carbocycles. The van der Waals surface area contributed by atoms with Gasteiger partial charge < -0.3 is 9.73 Å². The van der Waals surface area contributed by atoms with Gasteiger partial charge in [-0.1, -0.05) is 13.8 Å². The lowest BCUT2D eigenvalue weighted by Gasteiger charge is -2.09.